The molecule has 2 fully saturated rings. The Balaban J connectivity index is 1.28. The number of rotatable bonds is 6. The van der Waals surface area contributed by atoms with Crippen LogP contribution in [-0.4, -0.2) is 21.1 Å². The maximum Gasteiger partial charge on any atom is 0.181 e. The Morgan fingerprint density at radius 3 is 2.85 bits per heavy atom. The molecule has 0 amide bonds. The van der Waals surface area contributed by atoms with Crippen LogP contribution in [0.2, 0.25) is 5.02 Å². The van der Waals surface area contributed by atoms with Crippen molar-refractivity contribution >= 4 is 22.9 Å². The van der Waals surface area contributed by atoms with Gasteiger partial charge in [-0.05, 0) is 54.7 Å². The summed E-state index contributed by atoms with van der Waals surface area (Å²) in [5.41, 5.74) is 2.39. The zero-order chi connectivity index (χ0) is 17.7. The van der Waals surface area contributed by atoms with E-state index in [1.807, 2.05) is 28.8 Å². The summed E-state index contributed by atoms with van der Waals surface area (Å²) >= 11 is 6.54. The lowest BCUT2D eigenvalue weighted by atomic mass is 10.1. The van der Waals surface area contributed by atoms with Crippen molar-refractivity contribution in [1.82, 2.24) is 14.6 Å². The summed E-state index contributed by atoms with van der Waals surface area (Å²) in [6, 6.07) is 9.04. The molecule has 2 aliphatic rings. The molecule has 3 aromatic rings. The van der Waals surface area contributed by atoms with Gasteiger partial charge in [0.05, 0.1) is 5.69 Å². The molecule has 0 radical (unpaired) electrons. The molecule has 0 saturated heterocycles. The first-order valence-electron chi connectivity index (χ1n) is 9.21. The van der Waals surface area contributed by atoms with Crippen LogP contribution in [0.5, 0.6) is 0 Å². The number of aromatic nitrogens is 3. The Hall–Kier alpha value is -2.14. The Kier molecular flexibility index (Phi) is 3.85. The summed E-state index contributed by atoms with van der Waals surface area (Å²) < 4.78 is 15.9. The number of anilines is 1. The zero-order valence-corrected chi connectivity index (χ0v) is 15.1. The molecule has 2 heterocycles. The van der Waals surface area contributed by atoms with E-state index in [4.69, 9.17) is 11.6 Å². The molecule has 2 atom stereocenters. The second-order valence-corrected chi connectivity index (χ2v) is 7.88. The normalized spacial score (nSPS) is 21.9. The summed E-state index contributed by atoms with van der Waals surface area (Å²) in [5.74, 6) is 2.36. The van der Waals surface area contributed by atoms with Gasteiger partial charge in [0, 0.05) is 19.2 Å². The Morgan fingerprint density at radius 1 is 1.19 bits per heavy atom. The number of fused-ring (bicyclic) bond motifs is 1. The molecule has 2 saturated carbocycles. The fourth-order valence-corrected chi connectivity index (χ4v) is 3.96. The van der Waals surface area contributed by atoms with Gasteiger partial charge in [-0.25, -0.2) is 4.39 Å². The Labute approximate surface area is 156 Å². The summed E-state index contributed by atoms with van der Waals surface area (Å²) in [6.07, 6.45) is 6.53. The van der Waals surface area contributed by atoms with Gasteiger partial charge in [-0.15, -0.1) is 10.2 Å². The molecule has 4 nitrogen and oxygen atoms in total. The van der Waals surface area contributed by atoms with E-state index < -0.39 is 0 Å². The first-order chi connectivity index (χ1) is 12.7. The summed E-state index contributed by atoms with van der Waals surface area (Å²) in [5, 5.41) is 12.6. The average Bonchev–Trinajstić information content (AvgIpc) is 3.55. The van der Waals surface area contributed by atoms with E-state index in [2.05, 4.69) is 15.5 Å². The fraction of sp³-hybridized carbons (Fsp3) is 0.400. The molecular weight excluding hydrogens is 351 g/mol. The van der Waals surface area contributed by atoms with Gasteiger partial charge in [0.2, 0.25) is 0 Å². The van der Waals surface area contributed by atoms with Crippen molar-refractivity contribution < 1.29 is 4.39 Å². The predicted molar refractivity (Wildman–Crippen MR) is 100 cm³/mol. The van der Waals surface area contributed by atoms with Crippen LogP contribution < -0.4 is 5.32 Å². The minimum absolute atomic E-state index is 0.105. The number of halogens is 2. The van der Waals surface area contributed by atoms with Crippen molar-refractivity contribution in [1.29, 1.82) is 0 Å². The molecule has 0 bridgehead atoms. The number of nitrogens with zero attached hydrogens (tertiary/aromatic N) is 3. The third kappa shape index (κ3) is 2.94. The lowest BCUT2D eigenvalue weighted by molar-refractivity contribution is 0.607. The van der Waals surface area contributed by atoms with Gasteiger partial charge in [0.1, 0.15) is 16.7 Å². The molecular formula is C20H20ClFN4. The van der Waals surface area contributed by atoms with E-state index in [-0.39, 0.29) is 5.82 Å². The topological polar surface area (TPSA) is 42.2 Å². The average molecular weight is 371 g/mol. The first-order valence-corrected chi connectivity index (χ1v) is 9.59. The van der Waals surface area contributed by atoms with Crippen molar-refractivity contribution in [2.45, 2.75) is 31.6 Å². The fourth-order valence-electron chi connectivity index (χ4n) is 3.70. The third-order valence-corrected chi connectivity index (χ3v) is 5.91. The highest BCUT2D eigenvalue weighted by molar-refractivity contribution is 6.36. The number of hydrogen-bond acceptors (Lipinski definition) is 3. The number of nitrogens with one attached hydrogen (secondary N) is 1. The molecule has 0 spiro atoms. The van der Waals surface area contributed by atoms with E-state index in [0.29, 0.717) is 22.5 Å². The lowest BCUT2D eigenvalue weighted by Crippen LogP contribution is -2.06. The van der Waals surface area contributed by atoms with Crippen molar-refractivity contribution in [3.63, 3.8) is 0 Å². The van der Waals surface area contributed by atoms with Crippen LogP contribution in [0.15, 0.2) is 36.5 Å². The minimum Gasteiger partial charge on any atom is -0.383 e. The van der Waals surface area contributed by atoms with E-state index >= 15 is 0 Å². The highest BCUT2D eigenvalue weighted by atomic mass is 35.5. The minimum atomic E-state index is -0.105. The predicted octanol–water partition coefficient (Wildman–Crippen LogP) is 4.69. The van der Waals surface area contributed by atoms with E-state index in [0.717, 1.165) is 42.4 Å². The van der Waals surface area contributed by atoms with E-state index in [9.17, 15) is 4.39 Å². The number of pyridine rings is 1. The van der Waals surface area contributed by atoms with Crippen LogP contribution in [0.1, 0.15) is 36.6 Å². The number of benzene rings is 1. The zero-order valence-electron chi connectivity index (χ0n) is 14.3. The SMILES string of the molecule is Fc1ccccc1[C@@H]1C[C@H]1CNc1ccn2c(CC3CC3)nnc2c1Cl. The molecule has 26 heavy (non-hydrogen) atoms. The van der Waals surface area contributed by atoms with Gasteiger partial charge in [-0.3, -0.25) is 4.40 Å². The van der Waals surface area contributed by atoms with Gasteiger partial charge in [-0.2, -0.15) is 0 Å². The van der Waals surface area contributed by atoms with Crippen LogP contribution in [0.4, 0.5) is 10.1 Å². The molecule has 2 aliphatic carbocycles. The van der Waals surface area contributed by atoms with Crippen LogP contribution in [0.25, 0.3) is 5.65 Å². The van der Waals surface area contributed by atoms with Crippen LogP contribution in [-0.2, 0) is 6.42 Å². The second kappa shape index (κ2) is 6.23. The van der Waals surface area contributed by atoms with Gasteiger partial charge in [0.15, 0.2) is 5.65 Å². The quantitative estimate of drug-likeness (QED) is 0.684. The monoisotopic (exact) mass is 370 g/mol. The van der Waals surface area contributed by atoms with Crippen LogP contribution in [0.3, 0.4) is 0 Å². The van der Waals surface area contributed by atoms with Gasteiger partial charge < -0.3 is 5.32 Å². The molecule has 0 aliphatic heterocycles. The standard InChI is InChI=1S/C20H20ClFN4/c21-19-17(7-8-26-18(9-12-5-6-12)24-25-20(19)26)23-11-13-10-15(13)14-3-1-2-4-16(14)22/h1-4,7-8,12-13,15,23H,5-6,9-11H2/t13-,15+/m0/s1. The largest absolute Gasteiger partial charge is 0.383 e. The molecule has 134 valence electrons. The van der Waals surface area contributed by atoms with Gasteiger partial charge in [-0.1, -0.05) is 29.8 Å². The van der Waals surface area contributed by atoms with Crippen LogP contribution in [0, 0.1) is 17.7 Å². The second-order valence-electron chi connectivity index (χ2n) is 7.51. The number of hydrogen-bond donors (Lipinski definition) is 1. The van der Waals surface area contributed by atoms with Crippen molar-refractivity contribution in [3.8, 4) is 0 Å². The highest BCUT2D eigenvalue weighted by Gasteiger charge is 2.39. The molecule has 1 N–H and O–H groups in total. The van der Waals surface area contributed by atoms with Crippen LogP contribution >= 0.6 is 11.6 Å². The molecule has 0 unspecified atom stereocenters. The summed E-state index contributed by atoms with van der Waals surface area (Å²) in [7, 11) is 0. The van der Waals surface area contributed by atoms with Gasteiger partial charge in [0.25, 0.3) is 0 Å². The van der Waals surface area contributed by atoms with E-state index in [1.165, 1.54) is 18.9 Å². The van der Waals surface area contributed by atoms with Crippen molar-refractivity contribution in [2.75, 3.05) is 11.9 Å². The molecule has 5 rings (SSSR count). The van der Waals surface area contributed by atoms with Gasteiger partial charge >= 0.3 is 0 Å². The molecule has 1 aromatic carbocycles. The lowest BCUT2D eigenvalue weighted by Gasteiger charge is -2.09. The summed E-state index contributed by atoms with van der Waals surface area (Å²) in [6.45, 7) is 0.776. The van der Waals surface area contributed by atoms with Crippen molar-refractivity contribution in [3.05, 3.63) is 58.8 Å². The first kappa shape index (κ1) is 16.1. The third-order valence-electron chi connectivity index (χ3n) is 5.54. The molecule has 6 heteroatoms. The van der Waals surface area contributed by atoms with E-state index in [1.54, 1.807) is 6.07 Å². The summed E-state index contributed by atoms with van der Waals surface area (Å²) in [4.78, 5) is 0. The maximum absolute atomic E-state index is 13.9. The molecule has 2 aromatic heterocycles. The smallest absolute Gasteiger partial charge is 0.181 e. The Morgan fingerprint density at radius 2 is 2.04 bits per heavy atom. The maximum atomic E-state index is 13.9. The highest BCUT2D eigenvalue weighted by Crippen LogP contribution is 2.48. The Bertz CT molecular complexity index is 966. The van der Waals surface area contributed by atoms with Crippen molar-refractivity contribution in [2.24, 2.45) is 11.8 Å².